The molecule has 0 aliphatic rings. The summed E-state index contributed by atoms with van der Waals surface area (Å²) in [6.45, 7) is 0.449. The van der Waals surface area contributed by atoms with Crippen molar-refractivity contribution < 1.29 is 13.2 Å². The topological polar surface area (TPSA) is 67.8 Å². The summed E-state index contributed by atoms with van der Waals surface area (Å²) in [4.78, 5) is 2.27. The number of halogens is 1. The quantitative estimate of drug-likeness (QED) is 0.476. The van der Waals surface area contributed by atoms with Crippen LogP contribution in [0.2, 0.25) is 5.02 Å². The van der Waals surface area contributed by atoms with Crippen molar-refractivity contribution in [3.63, 3.8) is 0 Å². The number of hydrazone groups is 1. The van der Waals surface area contributed by atoms with Gasteiger partial charge in [0, 0.05) is 5.02 Å². The molecular weight excluding hydrogens is 384 g/mol. The van der Waals surface area contributed by atoms with Crippen molar-refractivity contribution >= 4 is 27.8 Å². The molecule has 5 nitrogen and oxygen atoms in total. The number of nitrogens with zero attached hydrogens (tertiary/aromatic N) is 1. The summed E-state index contributed by atoms with van der Waals surface area (Å²) < 4.78 is 30.1. The van der Waals surface area contributed by atoms with Gasteiger partial charge in [-0.25, -0.2) is 4.83 Å². The van der Waals surface area contributed by atoms with Crippen molar-refractivity contribution in [3.05, 3.63) is 95.0 Å². The summed E-state index contributed by atoms with van der Waals surface area (Å²) in [5.41, 5.74) is 1.77. The van der Waals surface area contributed by atoms with Gasteiger partial charge in [0.1, 0.15) is 12.4 Å². The third kappa shape index (κ3) is 5.57. The third-order valence-corrected chi connectivity index (χ3v) is 5.11. The highest BCUT2D eigenvalue weighted by atomic mass is 35.5. The molecule has 3 aromatic carbocycles. The molecule has 7 heteroatoms. The van der Waals surface area contributed by atoms with Crippen LogP contribution in [0.1, 0.15) is 11.1 Å². The van der Waals surface area contributed by atoms with Crippen molar-refractivity contribution in [3.8, 4) is 5.75 Å². The minimum absolute atomic E-state index is 0.0870. The summed E-state index contributed by atoms with van der Waals surface area (Å²) >= 11 is 5.77. The highest BCUT2D eigenvalue weighted by Crippen LogP contribution is 2.15. The van der Waals surface area contributed by atoms with E-state index in [-0.39, 0.29) is 4.90 Å². The van der Waals surface area contributed by atoms with Crippen LogP contribution in [0.5, 0.6) is 5.75 Å². The van der Waals surface area contributed by atoms with E-state index in [1.807, 2.05) is 42.5 Å². The van der Waals surface area contributed by atoms with Crippen molar-refractivity contribution in [2.24, 2.45) is 5.10 Å². The molecular formula is C20H17ClN2O3S. The Hall–Kier alpha value is -2.83. The van der Waals surface area contributed by atoms with Crippen LogP contribution in [0.3, 0.4) is 0 Å². The second-order valence-electron chi connectivity index (χ2n) is 5.65. The molecule has 0 atom stereocenters. The predicted octanol–water partition coefficient (Wildman–Crippen LogP) is 4.23. The zero-order valence-electron chi connectivity index (χ0n) is 14.2. The first-order valence-corrected chi connectivity index (χ1v) is 9.96. The van der Waals surface area contributed by atoms with Gasteiger partial charge in [-0.2, -0.15) is 13.5 Å². The molecule has 0 saturated heterocycles. The van der Waals surface area contributed by atoms with E-state index >= 15 is 0 Å². The van der Waals surface area contributed by atoms with Gasteiger partial charge in [0.2, 0.25) is 0 Å². The number of ether oxygens (including phenoxy) is 1. The van der Waals surface area contributed by atoms with Gasteiger partial charge in [-0.15, -0.1) is 0 Å². The fourth-order valence-electron chi connectivity index (χ4n) is 2.26. The van der Waals surface area contributed by atoms with E-state index in [2.05, 4.69) is 9.93 Å². The van der Waals surface area contributed by atoms with Crippen molar-refractivity contribution in [1.29, 1.82) is 0 Å². The Labute approximate surface area is 163 Å². The summed E-state index contributed by atoms with van der Waals surface area (Å²) in [6.07, 6.45) is 1.42. The molecule has 0 fully saturated rings. The van der Waals surface area contributed by atoms with Gasteiger partial charge in [-0.1, -0.05) is 54.1 Å². The second-order valence-corrected chi connectivity index (χ2v) is 7.75. The Morgan fingerprint density at radius 1 is 0.963 bits per heavy atom. The van der Waals surface area contributed by atoms with Gasteiger partial charge >= 0.3 is 0 Å². The lowest BCUT2D eigenvalue weighted by Gasteiger charge is -2.07. The van der Waals surface area contributed by atoms with Crippen LogP contribution in [0, 0.1) is 0 Å². The monoisotopic (exact) mass is 400 g/mol. The highest BCUT2D eigenvalue weighted by Gasteiger charge is 2.11. The first kappa shape index (κ1) is 18.9. The second kappa shape index (κ2) is 8.70. The molecule has 0 unspecified atom stereocenters. The summed E-state index contributed by atoms with van der Waals surface area (Å²) in [5, 5.41) is 4.28. The number of hydrogen-bond acceptors (Lipinski definition) is 4. The normalized spacial score (nSPS) is 11.4. The van der Waals surface area contributed by atoms with Crippen LogP contribution in [-0.2, 0) is 16.6 Å². The number of benzene rings is 3. The molecule has 3 rings (SSSR count). The van der Waals surface area contributed by atoms with Gasteiger partial charge < -0.3 is 4.74 Å². The maximum Gasteiger partial charge on any atom is 0.276 e. The van der Waals surface area contributed by atoms with E-state index < -0.39 is 10.0 Å². The minimum Gasteiger partial charge on any atom is -0.489 e. The van der Waals surface area contributed by atoms with Crippen molar-refractivity contribution in [2.45, 2.75) is 11.5 Å². The molecule has 3 aromatic rings. The largest absolute Gasteiger partial charge is 0.489 e. The van der Waals surface area contributed by atoms with E-state index in [1.165, 1.54) is 30.5 Å². The lowest BCUT2D eigenvalue weighted by atomic mass is 10.2. The lowest BCUT2D eigenvalue weighted by Crippen LogP contribution is -2.18. The number of sulfonamides is 1. The van der Waals surface area contributed by atoms with Crippen LogP contribution in [0.4, 0.5) is 0 Å². The first-order valence-electron chi connectivity index (χ1n) is 8.10. The first-order chi connectivity index (χ1) is 13.0. The van der Waals surface area contributed by atoms with Gasteiger partial charge in [0.15, 0.2) is 0 Å². The molecule has 27 heavy (non-hydrogen) atoms. The van der Waals surface area contributed by atoms with Gasteiger partial charge in [-0.05, 0) is 47.5 Å². The molecule has 0 amide bonds. The summed E-state index contributed by atoms with van der Waals surface area (Å²) in [5.74, 6) is 0.670. The Bertz CT molecular complexity index is 1020. The number of hydrogen-bond donors (Lipinski definition) is 1. The van der Waals surface area contributed by atoms with Crippen LogP contribution in [0.25, 0.3) is 0 Å². The minimum atomic E-state index is -3.74. The Morgan fingerprint density at radius 3 is 2.44 bits per heavy atom. The van der Waals surface area contributed by atoms with Crippen molar-refractivity contribution in [1.82, 2.24) is 4.83 Å². The molecule has 0 bridgehead atoms. The molecule has 0 heterocycles. The summed E-state index contributed by atoms with van der Waals surface area (Å²) in [7, 11) is -3.74. The maximum atomic E-state index is 12.2. The van der Waals surface area contributed by atoms with Crippen LogP contribution in [-0.4, -0.2) is 14.6 Å². The van der Waals surface area contributed by atoms with Crippen molar-refractivity contribution in [2.75, 3.05) is 0 Å². The zero-order valence-corrected chi connectivity index (χ0v) is 15.8. The zero-order chi connectivity index (χ0) is 19.1. The van der Waals surface area contributed by atoms with Gasteiger partial charge in [0.05, 0.1) is 11.1 Å². The SMILES string of the molecule is O=S(=O)(N/N=C\c1cccc(OCc2ccccc2)c1)c1ccc(Cl)cc1. The molecule has 0 aromatic heterocycles. The average molecular weight is 401 g/mol. The van der Waals surface area contributed by atoms with Crippen LogP contribution < -0.4 is 9.57 Å². The third-order valence-electron chi connectivity index (χ3n) is 3.62. The smallest absolute Gasteiger partial charge is 0.276 e. The molecule has 0 spiro atoms. The Kier molecular flexibility index (Phi) is 6.11. The number of rotatable bonds is 7. The van der Waals surface area contributed by atoms with Gasteiger partial charge in [-0.3, -0.25) is 0 Å². The lowest BCUT2D eigenvalue weighted by molar-refractivity contribution is 0.306. The summed E-state index contributed by atoms with van der Waals surface area (Å²) in [6, 6.07) is 22.9. The van der Waals surface area contributed by atoms with E-state index in [0.29, 0.717) is 22.9 Å². The Balaban J connectivity index is 1.62. The average Bonchev–Trinajstić information content (AvgIpc) is 2.68. The van der Waals surface area contributed by atoms with E-state index in [4.69, 9.17) is 16.3 Å². The van der Waals surface area contributed by atoms with Gasteiger partial charge in [0.25, 0.3) is 10.0 Å². The molecule has 138 valence electrons. The van der Waals surface area contributed by atoms with E-state index in [1.54, 1.807) is 12.1 Å². The van der Waals surface area contributed by atoms with Crippen LogP contribution >= 0.6 is 11.6 Å². The van der Waals surface area contributed by atoms with Crippen LogP contribution in [0.15, 0.2) is 88.9 Å². The molecule has 0 saturated carbocycles. The standard InChI is InChI=1S/C20H17ClN2O3S/c21-18-9-11-20(12-10-18)27(24,25)23-22-14-17-7-4-8-19(13-17)26-15-16-5-2-1-3-6-16/h1-14,23H,15H2/b22-14-. The molecule has 0 aliphatic heterocycles. The fraction of sp³-hybridized carbons (Fsp3) is 0.0500. The number of nitrogens with one attached hydrogen (secondary N) is 1. The maximum absolute atomic E-state index is 12.2. The Morgan fingerprint density at radius 2 is 1.70 bits per heavy atom. The van der Waals surface area contributed by atoms with E-state index in [9.17, 15) is 8.42 Å². The predicted molar refractivity (Wildman–Crippen MR) is 107 cm³/mol. The molecule has 0 aliphatic carbocycles. The van der Waals surface area contributed by atoms with E-state index in [0.717, 1.165) is 5.56 Å². The molecule has 0 radical (unpaired) electrons. The fourth-order valence-corrected chi connectivity index (χ4v) is 3.18. The molecule has 1 N–H and O–H groups in total. The highest BCUT2D eigenvalue weighted by molar-refractivity contribution is 7.89.